The number of aromatic nitrogens is 3. The topological polar surface area (TPSA) is 50.7 Å². The number of hydrogen-bond donors (Lipinski definition) is 1. The van der Waals surface area contributed by atoms with Crippen molar-refractivity contribution in [1.29, 1.82) is 0 Å². The minimum atomic E-state index is 0.463. The van der Waals surface area contributed by atoms with Crippen LogP contribution in [-0.2, 0) is 6.42 Å². The van der Waals surface area contributed by atoms with Gasteiger partial charge in [-0.1, -0.05) is 24.9 Å². The molecule has 6 heteroatoms. The number of rotatable bonds is 4. The fraction of sp³-hybridized carbons (Fsp3) is 0.462. The van der Waals surface area contributed by atoms with Crippen LogP contribution in [0.15, 0.2) is 12.3 Å². The number of thiazole rings is 1. The van der Waals surface area contributed by atoms with Gasteiger partial charge in [0.05, 0.1) is 0 Å². The van der Waals surface area contributed by atoms with Crippen LogP contribution in [0.3, 0.4) is 0 Å². The summed E-state index contributed by atoms with van der Waals surface area (Å²) < 4.78 is 0. The van der Waals surface area contributed by atoms with Crippen molar-refractivity contribution in [2.45, 2.75) is 38.5 Å². The van der Waals surface area contributed by atoms with Crippen LogP contribution in [0.5, 0.6) is 0 Å². The number of anilines is 2. The van der Waals surface area contributed by atoms with Crippen molar-refractivity contribution < 1.29 is 0 Å². The van der Waals surface area contributed by atoms with Crippen molar-refractivity contribution in [2.75, 3.05) is 5.32 Å². The van der Waals surface area contributed by atoms with E-state index in [1.54, 1.807) is 17.4 Å². The molecule has 0 spiro atoms. The molecule has 4 nitrogen and oxygen atoms in total. The zero-order chi connectivity index (χ0) is 13.2. The molecule has 3 rings (SSSR count). The molecule has 1 aliphatic carbocycles. The Morgan fingerprint density at radius 1 is 1.42 bits per heavy atom. The molecule has 0 saturated heterocycles. The molecule has 2 aromatic rings. The molecule has 1 aliphatic rings. The van der Waals surface area contributed by atoms with Crippen molar-refractivity contribution in [3.8, 4) is 0 Å². The van der Waals surface area contributed by atoms with Gasteiger partial charge in [-0.25, -0.2) is 15.0 Å². The molecule has 1 saturated carbocycles. The van der Waals surface area contributed by atoms with E-state index in [9.17, 15) is 0 Å². The monoisotopic (exact) mass is 294 g/mol. The van der Waals surface area contributed by atoms with Crippen LogP contribution in [0, 0.1) is 0 Å². The molecule has 0 amide bonds. The van der Waals surface area contributed by atoms with Gasteiger partial charge in [0, 0.05) is 23.6 Å². The SMILES string of the molecule is CCc1nc(Cl)cc(Nc2ncc(C3CCC3)s2)n1. The van der Waals surface area contributed by atoms with E-state index in [1.807, 2.05) is 13.1 Å². The lowest BCUT2D eigenvalue weighted by Crippen LogP contribution is -2.06. The second-order valence-corrected chi connectivity index (χ2v) is 6.12. The van der Waals surface area contributed by atoms with Gasteiger partial charge in [-0.2, -0.15) is 0 Å². The lowest BCUT2D eigenvalue weighted by Gasteiger charge is -2.23. The molecular formula is C13H15ClN4S. The molecule has 1 N–H and O–H groups in total. The Balaban J connectivity index is 1.76. The van der Waals surface area contributed by atoms with Gasteiger partial charge in [0.15, 0.2) is 5.13 Å². The Morgan fingerprint density at radius 3 is 2.95 bits per heavy atom. The van der Waals surface area contributed by atoms with Gasteiger partial charge >= 0.3 is 0 Å². The molecule has 19 heavy (non-hydrogen) atoms. The predicted molar refractivity (Wildman–Crippen MR) is 78.4 cm³/mol. The zero-order valence-corrected chi connectivity index (χ0v) is 12.3. The maximum Gasteiger partial charge on any atom is 0.188 e. The Kier molecular flexibility index (Phi) is 3.66. The quantitative estimate of drug-likeness (QED) is 0.860. The Labute approximate surface area is 121 Å². The molecule has 0 atom stereocenters. The summed E-state index contributed by atoms with van der Waals surface area (Å²) in [6, 6.07) is 1.73. The molecule has 2 heterocycles. The van der Waals surface area contributed by atoms with Crippen LogP contribution in [0.1, 0.15) is 42.8 Å². The number of hydrogen-bond acceptors (Lipinski definition) is 5. The molecule has 100 valence electrons. The molecule has 2 aromatic heterocycles. The summed E-state index contributed by atoms with van der Waals surface area (Å²) in [4.78, 5) is 14.3. The third kappa shape index (κ3) is 2.87. The molecule has 0 aromatic carbocycles. The molecule has 1 fully saturated rings. The van der Waals surface area contributed by atoms with Gasteiger partial charge in [0.2, 0.25) is 0 Å². The van der Waals surface area contributed by atoms with Crippen molar-refractivity contribution in [1.82, 2.24) is 15.0 Å². The molecule has 0 radical (unpaired) electrons. The third-order valence-electron chi connectivity index (χ3n) is 3.32. The van der Waals surface area contributed by atoms with Crippen LogP contribution in [0.4, 0.5) is 10.9 Å². The van der Waals surface area contributed by atoms with E-state index in [0.29, 0.717) is 16.9 Å². The highest BCUT2D eigenvalue weighted by atomic mass is 35.5. The first-order valence-corrected chi connectivity index (χ1v) is 7.70. The third-order valence-corrected chi connectivity index (χ3v) is 4.59. The highest BCUT2D eigenvalue weighted by Crippen LogP contribution is 2.40. The van der Waals surface area contributed by atoms with Crippen LogP contribution in [0.25, 0.3) is 0 Å². The molecule has 0 aliphatic heterocycles. The van der Waals surface area contributed by atoms with Crippen molar-refractivity contribution in [3.05, 3.63) is 28.1 Å². The molecule has 0 bridgehead atoms. The lowest BCUT2D eigenvalue weighted by molar-refractivity contribution is 0.425. The summed E-state index contributed by atoms with van der Waals surface area (Å²) in [7, 11) is 0. The van der Waals surface area contributed by atoms with E-state index >= 15 is 0 Å². The minimum Gasteiger partial charge on any atom is -0.316 e. The number of halogens is 1. The fourth-order valence-electron chi connectivity index (χ4n) is 2.02. The predicted octanol–water partition coefficient (Wildman–Crippen LogP) is 4.16. The van der Waals surface area contributed by atoms with Gasteiger partial charge in [-0.05, 0) is 18.8 Å². The average molecular weight is 295 g/mol. The van der Waals surface area contributed by atoms with Crippen molar-refractivity contribution in [2.24, 2.45) is 0 Å². The summed E-state index contributed by atoms with van der Waals surface area (Å²) in [5.74, 6) is 2.17. The number of aryl methyl sites for hydroxylation is 1. The van der Waals surface area contributed by atoms with E-state index < -0.39 is 0 Å². The smallest absolute Gasteiger partial charge is 0.188 e. The molecule has 0 unspecified atom stereocenters. The molecular weight excluding hydrogens is 280 g/mol. The Morgan fingerprint density at radius 2 is 2.26 bits per heavy atom. The average Bonchev–Trinajstić information content (AvgIpc) is 2.74. The Hall–Kier alpha value is -1.20. The van der Waals surface area contributed by atoms with E-state index in [1.165, 1.54) is 24.1 Å². The van der Waals surface area contributed by atoms with Crippen LogP contribution in [0.2, 0.25) is 5.15 Å². The number of nitrogens with zero attached hydrogens (tertiary/aromatic N) is 3. The first-order chi connectivity index (χ1) is 9.24. The summed E-state index contributed by atoms with van der Waals surface area (Å²) in [5.41, 5.74) is 0. The van der Waals surface area contributed by atoms with E-state index in [2.05, 4.69) is 20.3 Å². The van der Waals surface area contributed by atoms with Crippen LogP contribution < -0.4 is 5.32 Å². The van der Waals surface area contributed by atoms with E-state index in [0.717, 1.165) is 17.4 Å². The van der Waals surface area contributed by atoms with Gasteiger partial charge in [0.1, 0.15) is 16.8 Å². The van der Waals surface area contributed by atoms with Gasteiger partial charge in [-0.15, -0.1) is 11.3 Å². The zero-order valence-electron chi connectivity index (χ0n) is 10.7. The van der Waals surface area contributed by atoms with E-state index in [-0.39, 0.29) is 0 Å². The summed E-state index contributed by atoms with van der Waals surface area (Å²) in [6.07, 6.45) is 6.66. The van der Waals surface area contributed by atoms with Crippen molar-refractivity contribution in [3.63, 3.8) is 0 Å². The first-order valence-electron chi connectivity index (χ1n) is 6.51. The van der Waals surface area contributed by atoms with Gasteiger partial charge in [0.25, 0.3) is 0 Å². The van der Waals surface area contributed by atoms with E-state index in [4.69, 9.17) is 11.6 Å². The largest absolute Gasteiger partial charge is 0.316 e. The second-order valence-electron chi connectivity index (χ2n) is 4.67. The highest BCUT2D eigenvalue weighted by molar-refractivity contribution is 7.15. The maximum atomic E-state index is 5.97. The fourth-order valence-corrected chi connectivity index (χ4v) is 3.22. The highest BCUT2D eigenvalue weighted by Gasteiger charge is 2.21. The van der Waals surface area contributed by atoms with Crippen molar-refractivity contribution >= 4 is 33.9 Å². The van der Waals surface area contributed by atoms with Gasteiger partial charge in [-0.3, -0.25) is 0 Å². The van der Waals surface area contributed by atoms with Crippen LogP contribution in [-0.4, -0.2) is 15.0 Å². The minimum absolute atomic E-state index is 0.463. The standard InChI is InChI=1S/C13H15ClN4S/c1-2-11-16-10(14)6-12(17-11)18-13-15-7-9(19-13)8-4-3-5-8/h6-8H,2-5H2,1H3,(H,15,16,17,18). The summed E-state index contributed by atoms with van der Waals surface area (Å²) >= 11 is 7.68. The Bertz CT molecular complexity index is 580. The summed E-state index contributed by atoms with van der Waals surface area (Å²) in [5, 5.41) is 4.55. The second kappa shape index (κ2) is 5.43. The number of nitrogens with one attached hydrogen (secondary N) is 1. The lowest BCUT2D eigenvalue weighted by atomic mass is 9.85. The summed E-state index contributed by atoms with van der Waals surface area (Å²) in [6.45, 7) is 2.01. The van der Waals surface area contributed by atoms with Gasteiger partial charge < -0.3 is 5.32 Å². The normalized spacial score (nSPS) is 15.3. The van der Waals surface area contributed by atoms with Crippen LogP contribution >= 0.6 is 22.9 Å². The first kappa shape index (κ1) is 12.8. The maximum absolute atomic E-state index is 5.97.